The molecule has 1 aliphatic carbocycles. The third-order valence-electron chi connectivity index (χ3n) is 4.00. The van der Waals surface area contributed by atoms with E-state index in [4.69, 9.17) is 0 Å². The first-order chi connectivity index (χ1) is 8.61. The van der Waals surface area contributed by atoms with E-state index in [1.54, 1.807) is 6.20 Å². The molecule has 0 spiro atoms. The molecule has 1 fully saturated rings. The molecule has 0 aromatic carbocycles. The van der Waals surface area contributed by atoms with E-state index < -0.39 is 0 Å². The zero-order chi connectivity index (χ0) is 13.1. The van der Waals surface area contributed by atoms with Gasteiger partial charge in [-0.3, -0.25) is 0 Å². The fourth-order valence-electron chi connectivity index (χ4n) is 2.55. The Morgan fingerprint density at radius 2 is 2.11 bits per heavy atom. The van der Waals surface area contributed by atoms with Gasteiger partial charge in [-0.1, -0.05) is 26.7 Å². The summed E-state index contributed by atoms with van der Waals surface area (Å²) in [6.45, 7) is 4.67. The van der Waals surface area contributed by atoms with E-state index in [0.29, 0.717) is 17.9 Å². The summed E-state index contributed by atoms with van der Waals surface area (Å²) in [6.07, 6.45) is 5.64. The average Bonchev–Trinajstić information content (AvgIpc) is 2.37. The van der Waals surface area contributed by atoms with Crippen LogP contribution in [0.5, 0.6) is 0 Å². The Bertz CT molecular complexity index is 410. The Morgan fingerprint density at radius 3 is 2.83 bits per heavy atom. The minimum atomic E-state index is 0.504. The third kappa shape index (κ3) is 2.94. The lowest BCUT2D eigenvalue weighted by Crippen LogP contribution is -2.35. The van der Waals surface area contributed by atoms with Crippen molar-refractivity contribution in [3.05, 3.63) is 10.7 Å². The van der Waals surface area contributed by atoms with Crippen molar-refractivity contribution in [2.24, 2.45) is 11.8 Å². The average molecular weight is 313 g/mol. The van der Waals surface area contributed by atoms with Gasteiger partial charge in [-0.15, -0.1) is 0 Å². The molecule has 0 bridgehead atoms. The van der Waals surface area contributed by atoms with Crippen molar-refractivity contribution >= 4 is 27.7 Å². The number of hydrogen-bond donors (Lipinski definition) is 2. The summed E-state index contributed by atoms with van der Waals surface area (Å²) < 4.78 is 0.923. The fraction of sp³-hybridized carbons (Fsp3) is 0.692. The summed E-state index contributed by atoms with van der Waals surface area (Å²) in [5.74, 6) is 3.00. The molecule has 0 amide bonds. The minimum absolute atomic E-state index is 0.504. The summed E-state index contributed by atoms with van der Waals surface area (Å²) >= 11 is 3.51. The highest BCUT2D eigenvalue weighted by molar-refractivity contribution is 9.10. The van der Waals surface area contributed by atoms with Crippen molar-refractivity contribution in [2.45, 2.75) is 39.2 Å². The molecule has 18 heavy (non-hydrogen) atoms. The summed E-state index contributed by atoms with van der Waals surface area (Å²) in [7, 11) is 1.83. The Labute approximate surface area is 117 Å². The van der Waals surface area contributed by atoms with Crippen LogP contribution in [0.15, 0.2) is 10.7 Å². The zero-order valence-corrected chi connectivity index (χ0v) is 12.8. The quantitative estimate of drug-likeness (QED) is 0.896. The SMILES string of the molecule is CNc1ncc(Br)c(NC2CCCC(C)C2C)n1. The van der Waals surface area contributed by atoms with E-state index >= 15 is 0 Å². The van der Waals surface area contributed by atoms with Crippen molar-refractivity contribution in [3.63, 3.8) is 0 Å². The molecule has 3 unspecified atom stereocenters. The Morgan fingerprint density at radius 1 is 1.33 bits per heavy atom. The van der Waals surface area contributed by atoms with Crippen LogP contribution in [0, 0.1) is 11.8 Å². The smallest absolute Gasteiger partial charge is 0.224 e. The lowest BCUT2D eigenvalue weighted by atomic mass is 9.78. The summed E-state index contributed by atoms with van der Waals surface area (Å²) in [6, 6.07) is 0.504. The fourth-order valence-corrected chi connectivity index (χ4v) is 2.86. The first-order valence-corrected chi connectivity index (χ1v) is 7.38. The standard InChI is InChI=1S/C13H21BrN4/c1-8-5-4-6-11(9(8)2)17-12-10(14)7-16-13(15-3)18-12/h7-9,11H,4-6H2,1-3H3,(H2,15,16,17,18). The van der Waals surface area contributed by atoms with E-state index in [-0.39, 0.29) is 0 Å². The first-order valence-electron chi connectivity index (χ1n) is 6.58. The molecule has 1 saturated carbocycles. The number of hydrogen-bond acceptors (Lipinski definition) is 4. The number of nitrogens with one attached hydrogen (secondary N) is 2. The largest absolute Gasteiger partial charge is 0.366 e. The molecule has 2 N–H and O–H groups in total. The van der Waals surface area contributed by atoms with Crippen LogP contribution in [0.25, 0.3) is 0 Å². The van der Waals surface area contributed by atoms with Crippen LogP contribution in [0.3, 0.4) is 0 Å². The normalized spacial score (nSPS) is 27.9. The van der Waals surface area contributed by atoms with Crippen LogP contribution in [-0.2, 0) is 0 Å². The molecule has 3 atom stereocenters. The number of anilines is 2. The van der Waals surface area contributed by atoms with Crippen molar-refractivity contribution in [2.75, 3.05) is 17.7 Å². The molecule has 0 saturated heterocycles. The third-order valence-corrected chi connectivity index (χ3v) is 4.58. The van der Waals surface area contributed by atoms with Gasteiger partial charge in [0.1, 0.15) is 5.82 Å². The second-order valence-corrected chi connectivity index (χ2v) is 6.01. The second-order valence-electron chi connectivity index (χ2n) is 5.16. The van der Waals surface area contributed by atoms with Crippen LogP contribution in [-0.4, -0.2) is 23.1 Å². The van der Waals surface area contributed by atoms with Gasteiger partial charge in [-0.05, 0) is 34.2 Å². The maximum Gasteiger partial charge on any atom is 0.224 e. The molecule has 2 rings (SSSR count). The lowest BCUT2D eigenvalue weighted by molar-refractivity contribution is 0.253. The van der Waals surface area contributed by atoms with Crippen LogP contribution in [0.2, 0.25) is 0 Å². The van der Waals surface area contributed by atoms with E-state index in [2.05, 4.69) is 50.4 Å². The molecular formula is C13H21BrN4. The number of nitrogens with zero attached hydrogens (tertiary/aromatic N) is 2. The van der Waals surface area contributed by atoms with Crippen LogP contribution in [0.1, 0.15) is 33.1 Å². The van der Waals surface area contributed by atoms with Gasteiger partial charge >= 0.3 is 0 Å². The van der Waals surface area contributed by atoms with Gasteiger partial charge in [0.15, 0.2) is 0 Å². The van der Waals surface area contributed by atoms with Gasteiger partial charge < -0.3 is 10.6 Å². The molecule has 5 heteroatoms. The van der Waals surface area contributed by atoms with Gasteiger partial charge in [-0.25, -0.2) is 4.98 Å². The highest BCUT2D eigenvalue weighted by atomic mass is 79.9. The molecule has 4 nitrogen and oxygen atoms in total. The molecule has 100 valence electrons. The van der Waals surface area contributed by atoms with Gasteiger partial charge in [-0.2, -0.15) is 4.98 Å². The van der Waals surface area contributed by atoms with Gasteiger partial charge in [0, 0.05) is 19.3 Å². The number of rotatable bonds is 3. The number of aromatic nitrogens is 2. The van der Waals surface area contributed by atoms with Crippen molar-refractivity contribution in [1.29, 1.82) is 0 Å². The molecule has 1 aromatic heterocycles. The summed E-state index contributed by atoms with van der Waals surface area (Å²) in [5, 5.41) is 6.53. The lowest BCUT2D eigenvalue weighted by Gasteiger charge is -2.35. The molecular weight excluding hydrogens is 292 g/mol. The highest BCUT2D eigenvalue weighted by Gasteiger charge is 2.27. The second kappa shape index (κ2) is 5.87. The molecule has 1 aromatic rings. The monoisotopic (exact) mass is 312 g/mol. The highest BCUT2D eigenvalue weighted by Crippen LogP contribution is 2.32. The Kier molecular flexibility index (Phi) is 4.43. The van der Waals surface area contributed by atoms with Crippen molar-refractivity contribution < 1.29 is 0 Å². The minimum Gasteiger partial charge on any atom is -0.366 e. The van der Waals surface area contributed by atoms with Crippen molar-refractivity contribution in [3.8, 4) is 0 Å². The van der Waals surface area contributed by atoms with Gasteiger partial charge in [0.2, 0.25) is 5.95 Å². The van der Waals surface area contributed by atoms with Crippen LogP contribution >= 0.6 is 15.9 Å². The first kappa shape index (κ1) is 13.6. The maximum atomic E-state index is 4.46. The van der Waals surface area contributed by atoms with Crippen molar-refractivity contribution in [1.82, 2.24) is 9.97 Å². The summed E-state index contributed by atoms with van der Waals surface area (Å²) in [4.78, 5) is 8.64. The van der Waals surface area contributed by atoms with Gasteiger partial charge in [0.05, 0.1) is 4.47 Å². The molecule has 0 aliphatic heterocycles. The Hall–Kier alpha value is -0.840. The summed E-state index contributed by atoms with van der Waals surface area (Å²) in [5.41, 5.74) is 0. The van der Waals surface area contributed by atoms with E-state index in [0.717, 1.165) is 16.2 Å². The maximum absolute atomic E-state index is 4.46. The van der Waals surface area contributed by atoms with Gasteiger partial charge in [0.25, 0.3) is 0 Å². The predicted molar refractivity (Wildman–Crippen MR) is 78.9 cm³/mol. The number of halogens is 1. The topological polar surface area (TPSA) is 49.8 Å². The van der Waals surface area contributed by atoms with E-state index in [9.17, 15) is 0 Å². The molecule has 1 aliphatic rings. The van der Waals surface area contributed by atoms with E-state index in [1.165, 1.54) is 19.3 Å². The Balaban J connectivity index is 2.12. The van der Waals surface area contributed by atoms with E-state index in [1.807, 2.05) is 7.05 Å². The zero-order valence-electron chi connectivity index (χ0n) is 11.2. The van der Waals surface area contributed by atoms with Crippen LogP contribution in [0.4, 0.5) is 11.8 Å². The molecule has 1 heterocycles. The predicted octanol–water partition coefficient (Wildman–Crippen LogP) is 3.52. The molecule has 0 radical (unpaired) electrons. The van der Waals surface area contributed by atoms with Crippen LogP contribution < -0.4 is 10.6 Å².